The summed E-state index contributed by atoms with van der Waals surface area (Å²) in [6.45, 7) is 5.68. The van der Waals surface area contributed by atoms with E-state index in [-0.39, 0.29) is 36.1 Å². The van der Waals surface area contributed by atoms with Crippen molar-refractivity contribution in [3.63, 3.8) is 0 Å². The molecule has 1 N–H and O–H groups in total. The molecule has 4 rings (SSSR count). The van der Waals surface area contributed by atoms with Gasteiger partial charge < -0.3 is 20.0 Å². The molecular weight excluding hydrogens is 449 g/mol. The van der Waals surface area contributed by atoms with E-state index in [1.165, 1.54) is 6.07 Å². The smallest absolute Gasteiger partial charge is 0.251 e. The van der Waals surface area contributed by atoms with Gasteiger partial charge in [0.1, 0.15) is 5.82 Å². The lowest BCUT2D eigenvalue weighted by Crippen LogP contribution is -2.55. The molecule has 0 radical (unpaired) electrons. The van der Waals surface area contributed by atoms with Gasteiger partial charge in [-0.05, 0) is 29.8 Å². The van der Waals surface area contributed by atoms with Crippen LogP contribution in [0.4, 0.5) is 10.1 Å². The van der Waals surface area contributed by atoms with Crippen LogP contribution in [-0.2, 0) is 9.59 Å². The summed E-state index contributed by atoms with van der Waals surface area (Å²) in [6.07, 6.45) is 0. The average molecular weight is 482 g/mol. The molecule has 1 atom stereocenters. The van der Waals surface area contributed by atoms with Gasteiger partial charge in [-0.3, -0.25) is 19.3 Å². The standard InChI is InChI=1S/C26H32FN5O3/c1-19(33)32-15-10-29(17-24(32)20-6-5-7-21(16-20)26(35)28-2)18-25(34)31-13-11-30(12-14-31)23-9-4-3-8-22(23)27/h3-9,16,24H,10-15,17-18H2,1-2H3,(H,28,35)/t24-/m0/s1. The molecule has 186 valence electrons. The molecule has 2 aliphatic rings. The number of nitrogens with zero attached hydrogens (tertiary/aromatic N) is 4. The van der Waals surface area contributed by atoms with Crippen molar-refractivity contribution in [1.82, 2.24) is 20.0 Å². The first-order chi connectivity index (χ1) is 16.9. The fraction of sp³-hybridized carbons (Fsp3) is 0.423. The maximum absolute atomic E-state index is 14.1. The third-order valence-corrected chi connectivity index (χ3v) is 6.81. The Bertz CT molecular complexity index is 1090. The highest BCUT2D eigenvalue weighted by atomic mass is 19.1. The number of hydrogen-bond donors (Lipinski definition) is 1. The van der Waals surface area contributed by atoms with Gasteiger partial charge in [-0.25, -0.2) is 4.39 Å². The van der Waals surface area contributed by atoms with E-state index in [2.05, 4.69) is 10.2 Å². The number of amides is 3. The maximum Gasteiger partial charge on any atom is 0.251 e. The fourth-order valence-electron chi connectivity index (χ4n) is 4.87. The molecule has 2 fully saturated rings. The van der Waals surface area contributed by atoms with Gasteiger partial charge in [0.15, 0.2) is 0 Å². The van der Waals surface area contributed by atoms with Crippen LogP contribution >= 0.6 is 0 Å². The van der Waals surface area contributed by atoms with E-state index in [1.807, 2.05) is 34.1 Å². The van der Waals surface area contributed by atoms with Crippen LogP contribution in [0.2, 0.25) is 0 Å². The molecule has 0 unspecified atom stereocenters. The van der Waals surface area contributed by atoms with Crippen LogP contribution < -0.4 is 10.2 Å². The second-order valence-electron chi connectivity index (χ2n) is 8.99. The van der Waals surface area contributed by atoms with Gasteiger partial charge in [-0.1, -0.05) is 24.3 Å². The minimum Gasteiger partial charge on any atom is -0.366 e. The molecule has 0 aromatic heterocycles. The van der Waals surface area contributed by atoms with Gasteiger partial charge in [-0.15, -0.1) is 0 Å². The number of piperazine rings is 2. The number of para-hydroxylation sites is 1. The molecule has 0 saturated carbocycles. The Morgan fingerprint density at radius 3 is 2.40 bits per heavy atom. The van der Waals surface area contributed by atoms with E-state index in [4.69, 9.17) is 0 Å². The Hall–Kier alpha value is -3.46. The Morgan fingerprint density at radius 1 is 0.971 bits per heavy atom. The quantitative estimate of drug-likeness (QED) is 0.704. The molecule has 2 aromatic carbocycles. The monoisotopic (exact) mass is 481 g/mol. The van der Waals surface area contributed by atoms with E-state index in [1.54, 1.807) is 37.1 Å². The molecule has 35 heavy (non-hydrogen) atoms. The van der Waals surface area contributed by atoms with E-state index in [9.17, 15) is 18.8 Å². The van der Waals surface area contributed by atoms with Crippen LogP contribution in [0.25, 0.3) is 0 Å². The lowest BCUT2D eigenvalue weighted by molar-refractivity contribution is -0.136. The molecule has 0 spiro atoms. The van der Waals surface area contributed by atoms with Gasteiger partial charge in [-0.2, -0.15) is 0 Å². The largest absolute Gasteiger partial charge is 0.366 e. The zero-order valence-corrected chi connectivity index (χ0v) is 20.2. The first-order valence-corrected chi connectivity index (χ1v) is 12.0. The zero-order chi connectivity index (χ0) is 24.9. The van der Waals surface area contributed by atoms with E-state index in [0.717, 1.165) is 5.56 Å². The highest BCUT2D eigenvalue weighted by Crippen LogP contribution is 2.27. The first kappa shape index (κ1) is 24.7. The predicted molar refractivity (Wildman–Crippen MR) is 132 cm³/mol. The Morgan fingerprint density at radius 2 is 1.71 bits per heavy atom. The van der Waals surface area contributed by atoms with Crippen molar-refractivity contribution in [3.05, 3.63) is 65.5 Å². The van der Waals surface area contributed by atoms with Crippen molar-refractivity contribution >= 4 is 23.4 Å². The minimum absolute atomic E-state index is 0.0319. The Kier molecular flexibility index (Phi) is 7.65. The van der Waals surface area contributed by atoms with Crippen molar-refractivity contribution in [1.29, 1.82) is 0 Å². The first-order valence-electron chi connectivity index (χ1n) is 12.0. The molecule has 2 saturated heterocycles. The zero-order valence-electron chi connectivity index (χ0n) is 20.2. The molecular formula is C26H32FN5O3. The molecule has 2 aromatic rings. The van der Waals surface area contributed by atoms with Crippen LogP contribution in [-0.4, -0.2) is 91.8 Å². The number of halogens is 1. The van der Waals surface area contributed by atoms with Crippen LogP contribution in [0.3, 0.4) is 0 Å². The van der Waals surface area contributed by atoms with E-state index >= 15 is 0 Å². The van der Waals surface area contributed by atoms with Crippen molar-refractivity contribution < 1.29 is 18.8 Å². The van der Waals surface area contributed by atoms with Crippen molar-refractivity contribution in [2.45, 2.75) is 13.0 Å². The number of hydrogen-bond acceptors (Lipinski definition) is 5. The Balaban J connectivity index is 1.39. The number of nitrogens with one attached hydrogen (secondary N) is 1. The van der Waals surface area contributed by atoms with Gasteiger partial charge in [0, 0.05) is 65.3 Å². The van der Waals surface area contributed by atoms with Crippen molar-refractivity contribution in [2.75, 3.05) is 64.3 Å². The van der Waals surface area contributed by atoms with Gasteiger partial charge >= 0.3 is 0 Å². The topological polar surface area (TPSA) is 76.2 Å². The number of carbonyl (C=O) groups excluding carboxylic acids is 3. The number of anilines is 1. The molecule has 2 heterocycles. The molecule has 0 aliphatic carbocycles. The highest BCUT2D eigenvalue weighted by Gasteiger charge is 2.32. The fourth-order valence-corrected chi connectivity index (χ4v) is 4.87. The van der Waals surface area contributed by atoms with Crippen LogP contribution in [0, 0.1) is 5.82 Å². The van der Waals surface area contributed by atoms with Gasteiger partial charge in [0.25, 0.3) is 5.91 Å². The summed E-state index contributed by atoms with van der Waals surface area (Å²) in [5, 5.41) is 2.63. The summed E-state index contributed by atoms with van der Waals surface area (Å²) in [5.41, 5.74) is 1.98. The lowest BCUT2D eigenvalue weighted by Gasteiger charge is -2.42. The molecule has 2 aliphatic heterocycles. The van der Waals surface area contributed by atoms with E-state index in [0.29, 0.717) is 57.1 Å². The third kappa shape index (κ3) is 5.62. The second kappa shape index (κ2) is 10.9. The van der Waals surface area contributed by atoms with Crippen LogP contribution in [0.5, 0.6) is 0 Å². The summed E-state index contributed by atoms with van der Waals surface area (Å²) in [7, 11) is 1.58. The molecule has 9 heteroatoms. The number of benzene rings is 2. The summed E-state index contributed by atoms with van der Waals surface area (Å²) in [5.74, 6) is -0.427. The Labute approximate surface area is 205 Å². The lowest BCUT2D eigenvalue weighted by atomic mass is 9.99. The van der Waals surface area contributed by atoms with E-state index < -0.39 is 0 Å². The van der Waals surface area contributed by atoms with Gasteiger partial charge in [0.2, 0.25) is 11.8 Å². The average Bonchev–Trinajstić information content (AvgIpc) is 2.88. The maximum atomic E-state index is 14.1. The molecule has 0 bridgehead atoms. The summed E-state index contributed by atoms with van der Waals surface area (Å²) < 4.78 is 14.1. The second-order valence-corrected chi connectivity index (χ2v) is 8.99. The number of carbonyl (C=O) groups is 3. The normalized spacial score (nSPS) is 18.9. The molecule has 8 nitrogen and oxygen atoms in total. The van der Waals surface area contributed by atoms with Gasteiger partial charge in [0.05, 0.1) is 18.3 Å². The van der Waals surface area contributed by atoms with Crippen molar-refractivity contribution in [3.8, 4) is 0 Å². The summed E-state index contributed by atoms with van der Waals surface area (Å²) in [6, 6.07) is 13.8. The predicted octanol–water partition coefficient (Wildman–Crippen LogP) is 1.74. The third-order valence-electron chi connectivity index (χ3n) is 6.81. The highest BCUT2D eigenvalue weighted by molar-refractivity contribution is 5.94. The van der Waals surface area contributed by atoms with Crippen LogP contribution in [0.1, 0.15) is 28.9 Å². The summed E-state index contributed by atoms with van der Waals surface area (Å²) >= 11 is 0. The molecule has 3 amide bonds. The number of rotatable bonds is 5. The SMILES string of the molecule is CNC(=O)c1cccc([C@@H]2CN(CC(=O)N3CCN(c4ccccc4F)CC3)CCN2C(C)=O)c1. The minimum atomic E-state index is -0.248. The van der Waals surface area contributed by atoms with Crippen molar-refractivity contribution in [2.24, 2.45) is 0 Å². The summed E-state index contributed by atoms with van der Waals surface area (Å²) in [4.78, 5) is 45.2. The van der Waals surface area contributed by atoms with Crippen LogP contribution in [0.15, 0.2) is 48.5 Å².